The van der Waals surface area contributed by atoms with Gasteiger partial charge in [-0.2, -0.15) is 0 Å². The van der Waals surface area contributed by atoms with E-state index in [-0.39, 0.29) is 6.03 Å². The lowest BCUT2D eigenvalue weighted by Crippen LogP contribution is -2.33. The van der Waals surface area contributed by atoms with Gasteiger partial charge in [-0.05, 0) is 34.9 Å². The summed E-state index contributed by atoms with van der Waals surface area (Å²) in [6.45, 7) is 0.524. The number of hydrogen-bond donors (Lipinski definition) is 1. The minimum absolute atomic E-state index is 0.0886. The number of amides is 2. The van der Waals surface area contributed by atoms with Crippen molar-refractivity contribution in [1.82, 2.24) is 15.2 Å². The number of hydrogen-bond acceptors (Lipinski definition) is 2. The topological polar surface area (TPSA) is 45.2 Å². The minimum Gasteiger partial charge on any atom is -0.334 e. The summed E-state index contributed by atoms with van der Waals surface area (Å²) in [6.07, 6.45) is 3.55. The first-order chi connectivity index (χ1) is 9.16. The number of nitrogens with one attached hydrogen (secondary N) is 1. The van der Waals surface area contributed by atoms with Crippen molar-refractivity contribution in [2.24, 2.45) is 0 Å². The summed E-state index contributed by atoms with van der Waals surface area (Å²) in [5.74, 6) is 0. The third-order valence-electron chi connectivity index (χ3n) is 2.79. The molecule has 1 heterocycles. The first kappa shape index (κ1) is 13.1. The Morgan fingerprint density at radius 1 is 1.16 bits per heavy atom. The molecule has 0 atom stereocenters. The monoisotopic (exact) mass is 255 g/mol. The largest absolute Gasteiger partial charge is 0.334 e. The van der Waals surface area contributed by atoms with Crippen molar-refractivity contribution in [3.05, 3.63) is 54.4 Å². The lowest BCUT2D eigenvalue weighted by Gasteiger charge is -2.12. The molecule has 2 aromatic rings. The summed E-state index contributed by atoms with van der Waals surface area (Å²) in [4.78, 5) is 17.0. The summed E-state index contributed by atoms with van der Waals surface area (Å²) >= 11 is 0. The van der Waals surface area contributed by atoms with E-state index < -0.39 is 0 Å². The van der Waals surface area contributed by atoms with Gasteiger partial charge in [0.1, 0.15) is 0 Å². The van der Waals surface area contributed by atoms with Crippen molar-refractivity contribution in [3.8, 4) is 11.1 Å². The van der Waals surface area contributed by atoms with Gasteiger partial charge in [-0.25, -0.2) is 4.79 Å². The zero-order valence-corrected chi connectivity index (χ0v) is 11.1. The van der Waals surface area contributed by atoms with Crippen molar-refractivity contribution in [1.29, 1.82) is 0 Å². The molecule has 2 amide bonds. The summed E-state index contributed by atoms with van der Waals surface area (Å²) < 4.78 is 0. The van der Waals surface area contributed by atoms with E-state index in [1.807, 2.05) is 30.3 Å². The van der Waals surface area contributed by atoms with Crippen LogP contribution in [-0.4, -0.2) is 30.0 Å². The standard InChI is InChI=1S/C15H17N3O/c1-18(2)15(19)17-11-12-4-3-5-14(10-12)13-6-8-16-9-7-13/h3-10H,11H2,1-2H3,(H,17,19). The molecule has 0 unspecified atom stereocenters. The van der Waals surface area contributed by atoms with Gasteiger partial charge in [-0.15, -0.1) is 0 Å². The number of aromatic nitrogens is 1. The fourth-order valence-electron chi connectivity index (χ4n) is 1.74. The van der Waals surface area contributed by atoms with E-state index in [1.165, 1.54) is 4.90 Å². The molecule has 4 heteroatoms. The van der Waals surface area contributed by atoms with Crippen molar-refractivity contribution in [2.75, 3.05) is 14.1 Å². The van der Waals surface area contributed by atoms with Crippen LogP contribution < -0.4 is 5.32 Å². The Morgan fingerprint density at radius 3 is 2.58 bits per heavy atom. The molecule has 2 rings (SSSR count). The number of nitrogens with zero attached hydrogens (tertiary/aromatic N) is 2. The van der Waals surface area contributed by atoms with Gasteiger partial charge < -0.3 is 10.2 Å². The molecule has 0 saturated heterocycles. The van der Waals surface area contributed by atoms with Gasteiger partial charge in [0.05, 0.1) is 0 Å². The Kier molecular flexibility index (Phi) is 4.13. The zero-order chi connectivity index (χ0) is 13.7. The number of benzene rings is 1. The molecular formula is C15H17N3O. The van der Waals surface area contributed by atoms with E-state index >= 15 is 0 Å². The lowest BCUT2D eigenvalue weighted by atomic mass is 10.0. The molecule has 0 radical (unpaired) electrons. The van der Waals surface area contributed by atoms with E-state index in [4.69, 9.17) is 0 Å². The number of rotatable bonds is 3. The molecule has 0 aliphatic carbocycles. The van der Waals surface area contributed by atoms with Crippen LogP contribution in [0.3, 0.4) is 0 Å². The fraction of sp³-hybridized carbons (Fsp3) is 0.200. The minimum atomic E-state index is -0.0886. The number of carbonyl (C=O) groups excluding carboxylic acids is 1. The molecule has 0 aliphatic rings. The van der Waals surface area contributed by atoms with Crippen molar-refractivity contribution in [3.63, 3.8) is 0 Å². The van der Waals surface area contributed by atoms with Crippen LogP contribution in [-0.2, 0) is 6.54 Å². The molecule has 98 valence electrons. The maximum absolute atomic E-state index is 11.5. The maximum atomic E-state index is 11.5. The van der Waals surface area contributed by atoms with Crippen LogP contribution in [0.2, 0.25) is 0 Å². The second-order valence-corrected chi connectivity index (χ2v) is 4.49. The summed E-state index contributed by atoms with van der Waals surface area (Å²) in [5.41, 5.74) is 3.32. The number of pyridine rings is 1. The highest BCUT2D eigenvalue weighted by Crippen LogP contribution is 2.19. The van der Waals surface area contributed by atoms with Crippen LogP contribution in [0.4, 0.5) is 4.79 Å². The highest BCUT2D eigenvalue weighted by Gasteiger charge is 2.03. The Balaban J connectivity index is 2.10. The maximum Gasteiger partial charge on any atom is 0.317 e. The van der Waals surface area contributed by atoms with Gasteiger partial charge in [0.2, 0.25) is 0 Å². The SMILES string of the molecule is CN(C)C(=O)NCc1cccc(-c2ccncc2)c1. The van der Waals surface area contributed by atoms with Gasteiger partial charge in [-0.3, -0.25) is 4.98 Å². The van der Waals surface area contributed by atoms with Gasteiger partial charge in [0, 0.05) is 33.0 Å². The van der Waals surface area contributed by atoms with E-state index in [0.717, 1.165) is 16.7 Å². The Bertz CT molecular complexity index is 552. The molecule has 0 saturated carbocycles. The molecule has 4 nitrogen and oxygen atoms in total. The van der Waals surface area contributed by atoms with Gasteiger partial charge in [-0.1, -0.05) is 18.2 Å². The first-order valence-electron chi connectivity index (χ1n) is 6.11. The second kappa shape index (κ2) is 6.00. The predicted octanol–water partition coefficient (Wildman–Crippen LogP) is 2.52. The third kappa shape index (κ3) is 3.55. The smallest absolute Gasteiger partial charge is 0.317 e. The molecule has 1 N–H and O–H groups in total. The second-order valence-electron chi connectivity index (χ2n) is 4.49. The van der Waals surface area contributed by atoms with Crippen LogP contribution in [0, 0.1) is 0 Å². The predicted molar refractivity (Wildman–Crippen MR) is 75.6 cm³/mol. The van der Waals surface area contributed by atoms with Gasteiger partial charge >= 0.3 is 6.03 Å². The van der Waals surface area contributed by atoms with Crippen LogP contribution >= 0.6 is 0 Å². The van der Waals surface area contributed by atoms with Crippen molar-refractivity contribution >= 4 is 6.03 Å². The summed E-state index contributed by atoms with van der Waals surface area (Å²) in [6, 6.07) is 12.0. The van der Waals surface area contributed by atoms with E-state index in [2.05, 4.69) is 16.4 Å². The Labute approximate surface area is 113 Å². The molecule has 1 aromatic carbocycles. The van der Waals surface area contributed by atoms with Crippen LogP contribution in [0.1, 0.15) is 5.56 Å². The quantitative estimate of drug-likeness (QED) is 0.916. The molecular weight excluding hydrogens is 238 g/mol. The molecule has 0 fully saturated rings. The highest BCUT2D eigenvalue weighted by molar-refractivity contribution is 5.73. The Hall–Kier alpha value is -2.36. The summed E-state index contributed by atoms with van der Waals surface area (Å²) in [5, 5.41) is 2.85. The molecule has 0 bridgehead atoms. The highest BCUT2D eigenvalue weighted by atomic mass is 16.2. The average Bonchev–Trinajstić information content (AvgIpc) is 2.46. The fourth-order valence-corrected chi connectivity index (χ4v) is 1.74. The molecule has 19 heavy (non-hydrogen) atoms. The summed E-state index contributed by atoms with van der Waals surface area (Å²) in [7, 11) is 3.45. The van der Waals surface area contributed by atoms with E-state index in [9.17, 15) is 4.79 Å². The third-order valence-corrected chi connectivity index (χ3v) is 2.79. The van der Waals surface area contributed by atoms with Gasteiger partial charge in [0.25, 0.3) is 0 Å². The van der Waals surface area contributed by atoms with E-state index in [1.54, 1.807) is 26.5 Å². The average molecular weight is 255 g/mol. The number of urea groups is 1. The van der Waals surface area contributed by atoms with E-state index in [0.29, 0.717) is 6.54 Å². The molecule has 0 aliphatic heterocycles. The van der Waals surface area contributed by atoms with Crippen LogP contribution in [0.25, 0.3) is 11.1 Å². The molecule has 1 aromatic heterocycles. The molecule has 0 spiro atoms. The van der Waals surface area contributed by atoms with Crippen LogP contribution in [0.15, 0.2) is 48.8 Å². The van der Waals surface area contributed by atoms with Gasteiger partial charge in [0.15, 0.2) is 0 Å². The van der Waals surface area contributed by atoms with Crippen molar-refractivity contribution < 1.29 is 4.79 Å². The van der Waals surface area contributed by atoms with Crippen molar-refractivity contribution in [2.45, 2.75) is 6.54 Å². The Morgan fingerprint density at radius 2 is 1.89 bits per heavy atom. The number of carbonyl (C=O) groups is 1. The van der Waals surface area contributed by atoms with Crippen LogP contribution in [0.5, 0.6) is 0 Å². The first-order valence-corrected chi connectivity index (χ1v) is 6.11. The zero-order valence-electron chi connectivity index (χ0n) is 11.1. The lowest BCUT2D eigenvalue weighted by molar-refractivity contribution is 0.217. The normalized spacial score (nSPS) is 10.0.